The molecule has 9 rings (SSSR count). The van der Waals surface area contributed by atoms with Gasteiger partial charge in [-0.25, -0.2) is 0 Å². The van der Waals surface area contributed by atoms with E-state index in [2.05, 4.69) is 163 Å². The quantitative estimate of drug-likeness (QED) is 0.197. The van der Waals surface area contributed by atoms with Gasteiger partial charge in [0.15, 0.2) is 5.58 Å². The lowest BCUT2D eigenvalue weighted by Gasteiger charge is -2.30. The van der Waals surface area contributed by atoms with Gasteiger partial charge in [-0.2, -0.15) is 0 Å². The lowest BCUT2D eigenvalue weighted by molar-refractivity contribution is 0.669. The van der Waals surface area contributed by atoms with Crippen LogP contribution in [-0.2, 0) is 0 Å². The van der Waals surface area contributed by atoms with Crippen molar-refractivity contribution in [1.29, 1.82) is 0 Å². The third-order valence-corrected chi connectivity index (χ3v) is 9.82. The first-order chi connectivity index (χ1) is 22.3. The number of hydrogen-bond acceptors (Lipinski definition) is 3. The molecule has 212 valence electrons. The summed E-state index contributed by atoms with van der Waals surface area (Å²) in [7, 11) is 0. The van der Waals surface area contributed by atoms with Gasteiger partial charge in [0.25, 0.3) is 0 Å². The lowest BCUT2D eigenvalue weighted by atomic mass is 9.96. The van der Waals surface area contributed by atoms with Crippen molar-refractivity contribution in [2.75, 3.05) is 4.90 Å². The first-order valence-electron chi connectivity index (χ1n) is 15.2. The molecule has 0 atom stereocenters. The van der Waals surface area contributed by atoms with E-state index in [1.165, 1.54) is 25.7 Å². The molecule has 0 aliphatic rings. The largest absolute Gasteiger partial charge is 0.454 e. The van der Waals surface area contributed by atoms with E-state index in [1.807, 2.05) is 17.4 Å². The number of fused-ring (bicyclic) bond motifs is 6. The predicted octanol–water partition coefficient (Wildman–Crippen LogP) is 12.8. The van der Waals surface area contributed by atoms with Gasteiger partial charge in [-0.1, -0.05) is 127 Å². The summed E-state index contributed by atoms with van der Waals surface area (Å²) in [6.07, 6.45) is 0. The van der Waals surface area contributed by atoms with E-state index >= 15 is 0 Å². The van der Waals surface area contributed by atoms with Crippen LogP contribution in [0.3, 0.4) is 0 Å². The van der Waals surface area contributed by atoms with Crippen LogP contribution >= 0.6 is 11.3 Å². The highest BCUT2D eigenvalue weighted by molar-refractivity contribution is 7.26. The Morgan fingerprint density at radius 2 is 1.04 bits per heavy atom. The number of thiophene rings is 1. The topological polar surface area (TPSA) is 16.4 Å². The van der Waals surface area contributed by atoms with Gasteiger partial charge in [-0.3, -0.25) is 0 Å². The van der Waals surface area contributed by atoms with Crippen molar-refractivity contribution in [1.82, 2.24) is 0 Å². The van der Waals surface area contributed by atoms with Crippen molar-refractivity contribution in [2.45, 2.75) is 0 Å². The summed E-state index contributed by atoms with van der Waals surface area (Å²) in [6, 6.07) is 58.4. The Morgan fingerprint density at radius 3 is 1.87 bits per heavy atom. The second-order valence-corrected chi connectivity index (χ2v) is 12.4. The summed E-state index contributed by atoms with van der Waals surface area (Å²) in [4.78, 5) is 2.46. The fourth-order valence-electron chi connectivity index (χ4n) is 6.69. The van der Waals surface area contributed by atoms with Crippen molar-refractivity contribution in [3.8, 4) is 22.3 Å². The monoisotopic (exact) mass is 593 g/mol. The number of para-hydroxylation sites is 2. The van der Waals surface area contributed by atoms with E-state index in [1.54, 1.807) is 0 Å². The molecule has 2 heterocycles. The van der Waals surface area contributed by atoms with Gasteiger partial charge in [0.2, 0.25) is 0 Å². The third kappa shape index (κ3) is 4.16. The highest BCUT2D eigenvalue weighted by atomic mass is 32.1. The van der Waals surface area contributed by atoms with Crippen LogP contribution in [0.1, 0.15) is 0 Å². The normalized spacial score (nSPS) is 11.6. The molecule has 0 saturated heterocycles. The van der Waals surface area contributed by atoms with Crippen molar-refractivity contribution in [3.63, 3.8) is 0 Å². The Balaban J connectivity index is 1.48. The summed E-state index contributed by atoms with van der Waals surface area (Å²) in [6.45, 7) is 0. The molecule has 0 aliphatic carbocycles. The van der Waals surface area contributed by atoms with Gasteiger partial charge in [0.05, 0.1) is 17.1 Å². The van der Waals surface area contributed by atoms with Gasteiger partial charge in [0, 0.05) is 42.1 Å². The second-order valence-electron chi connectivity index (χ2n) is 11.3. The van der Waals surface area contributed by atoms with Crippen LogP contribution in [0.25, 0.3) is 64.4 Å². The molecule has 0 bridgehead atoms. The first kappa shape index (κ1) is 25.8. The SMILES string of the molecule is c1ccc(-c2ccccc2N(c2c(-c3ccccc3)ccc3c2oc2ccccc23)c2cccc3sc4ccccc4c23)cc1. The molecule has 45 heavy (non-hydrogen) atoms. The summed E-state index contributed by atoms with van der Waals surface area (Å²) >= 11 is 1.84. The maximum atomic E-state index is 6.86. The van der Waals surface area contributed by atoms with Gasteiger partial charge in [0.1, 0.15) is 5.58 Å². The van der Waals surface area contributed by atoms with E-state index in [0.717, 1.165) is 55.7 Å². The molecule has 2 aromatic heterocycles. The van der Waals surface area contributed by atoms with E-state index < -0.39 is 0 Å². The molecule has 0 saturated carbocycles. The van der Waals surface area contributed by atoms with E-state index in [4.69, 9.17) is 4.42 Å². The minimum Gasteiger partial charge on any atom is -0.454 e. The maximum Gasteiger partial charge on any atom is 0.160 e. The predicted molar refractivity (Wildman–Crippen MR) is 192 cm³/mol. The summed E-state index contributed by atoms with van der Waals surface area (Å²) in [5.41, 5.74) is 9.57. The van der Waals surface area contributed by atoms with Crippen LogP contribution in [0.4, 0.5) is 17.1 Å². The molecule has 7 aromatic carbocycles. The second kappa shape index (κ2) is 10.5. The molecule has 0 N–H and O–H groups in total. The molecule has 9 aromatic rings. The molecule has 0 radical (unpaired) electrons. The molecule has 0 amide bonds. The maximum absolute atomic E-state index is 6.86. The fourth-order valence-corrected chi connectivity index (χ4v) is 7.82. The number of rotatable bonds is 5. The number of nitrogens with zero attached hydrogens (tertiary/aromatic N) is 1. The molecule has 0 unspecified atom stereocenters. The van der Waals surface area contributed by atoms with Gasteiger partial charge < -0.3 is 9.32 Å². The number of hydrogen-bond donors (Lipinski definition) is 0. The van der Waals surface area contributed by atoms with Gasteiger partial charge in [-0.15, -0.1) is 11.3 Å². The van der Waals surface area contributed by atoms with E-state index in [9.17, 15) is 0 Å². The van der Waals surface area contributed by atoms with Crippen molar-refractivity contribution >= 4 is 70.5 Å². The Labute approximate surface area is 265 Å². The summed E-state index contributed by atoms with van der Waals surface area (Å²) in [5, 5.41) is 4.72. The Morgan fingerprint density at radius 1 is 0.422 bits per heavy atom. The summed E-state index contributed by atoms with van der Waals surface area (Å²) < 4.78 is 9.39. The van der Waals surface area contributed by atoms with E-state index in [-0.39, 0.29) is 0 Å². The Bertz CT molecular complexity index is 2490. The zero-order valence-electron chi connectivity index (χ0n) is 24.4. The van der Waals surface area contributed by atoms with Crippen LogP contribution in [0.5, 0.6) is 0 Å². The molecule has 0 aliphatic heterocycles. The zero-order valence-corrected chi connectivity index (χ0v) is 25.2. The van der Waals surface area contributed by atoms with Crippen LogP contribution < -0.4 is 4.90 Å². The molecule has 2 nitrogen and oxygen atoms in total. The molecule has 0 fully saturated rings. The highest BCUT2D eigenvalue weighted by Gasteiger charge is 2.27. The smallest absolute Gasteiger partial charge is 0.160 e. The van der Waals surface area contributed by atoms with Crippen LogP contribution in [0.2, 0.25) is 0 Å². The van der Waals surface area contributed by atoms with Crippen molar-refractivity contribution in [2.24, 2.45) is 0 Å². The number of benzene rings is 7. The minimum atomic E-state index is 0.872. The number of anilines is 3. The lowest BCUT2D eigenvalue weighted by Crippen LogP contribution is -2.13. The standard InChI is InChI=1S/C42H27NOS/c1-3-14-28(15-4-1)30-18-7-10-21-35(30)43(36-22-13-25-39-40(36)34-20-9-12-24-38(34)45-39)41-31(29-16-5-2-6-17-29)26-27-33-32-19-8-11-23-37(32)44-42(33)41/h1-27H. The first-order valence-corrected chi connectivity index (χ1v) is 16.0. The highest BCUT2D eigenvalue weighted by Crippen LogP contribution is 2.52. The zero-order chi connectivity index (χ0) is 29.7. The van der Waals surface area contributed by atoms with Crippen LogP contribution in [-0.4, -0.2) is 0 Å². The molecule has 0 spiro atoms. The molecular weight excluding hydrogens is 567 g/mol. The Kier molecular flexibility index (Phi) is 6.03. The van der Waals surface area contributed by atoms with Crippen LogP contribution in [0.15, 0.2) is 168 Å². The molecule has 3 heteroatoms. The minimum absolute atomic E-state index is 0.872. The van der Waals surface area contributed by atoms with Gasteiger partial charge in [-0.05, 0) is 47.5 Å². The average molecular weight is 594 g/mol. The van der Waals surface area contributed by atoms with Gasteiger partial charge >= 0.3 is 0 Å². The average Bonchev–Trinajstić information content (AvgIpc) is 3.69. The Hall–Kier alpha value is -5.64. The van der Waals surface area contributed by atoms with Crippen molar-refractivity contribution < 1.29 is 4.42 Å². The van der Waals surface area contributed by atoms with Crippen molar-refractivity contribution in [3.05, 3.63) is 164 Å². The molecular formula is C42H27NOS. The third-order valence-electron chi connectivity index (χ3n) is 8.68. The van der Waals surface area contributed by atoms with E-state index in [0.29, 0.717) is 0 Å². The summed E-state index contributed by atoms with van der Waals surface area (Å²) in [5.74, 6) is 0. The van der Waals surface area contributed by atoms with Crippen LogP contribution in [0, 0.1) is 0 Å². The fraction of sp³-hybridized carbons (Fsp3) is 0. The number of furan rings is 1.